The first-order valence-corrected chi connectivity index (χ1v) is 10.2. The van der Waals surface area contributed by atoms with Crippen molar-refractivity contribution in [2.24, 2.45) is 4.99 Å². The van der Waals surface area contributed by atoms with Crippen molar-refractivity contribution in [3.63, 3.8) is 0 Å². The lowest BCUT2D eigenvalue weighted by Crippen LogP contribution is -2.46. The Morgan fingerprint density at radius 2 is 1.86 bits per heavy atom. The Hall–Kier alpha value is -2.80. The van der Waals surface area contributed by atoms with E-state index < -0.39 is 0 Å². The maximum atomic E-state index is 5.41. The fraction of sp³-hybridized carbons (Fsp3) is 0.455. The summed E-state index contributed by atoms with van der Waals surface area (Å²) in [6, 6.07) is 12.2. The molecule has 2 aromatic rings. The Bertz CT molecular complexity index is 801. The molecular formula is C22H32N6O. The summed E-state index contributed by atoms with van der Waals surface area (Å²) in [6.07, 6.45) is 1.89. The third-order valence-corrected chi connectivity index (χ3v) is 5.28. The van der Waals surface area contributed by atoms with Crippen molar-refractivity contribution in [2.75, 3.05) is 51.8 Å². The van der Waals surface area contributed by atoms with Crippen molar-refractivity contribution >= 4 is 11.8 Å². The van der Waals surface area contributed by atoms with Gasteiger partial charge < -0.3 is 25.2 Å². The van der Waals surface area contributed by atoms with Gasteiger partial charge in [-0.25, -0.2) is 4.98 Å². The third kappa shape index (κ3) is 5.84. The quantitative estimate of drug-likeness (QED) is 0.552. The number of para-hydroxylation sites is 1. The summed E-state index contributed by atoms with van der Waals surface area (Å²) in [5.41, 5.74) is 2.28. The van der Waals surface area contributed by atoms with Gasteiger partial charge in [-0.1, -0.05) is 25.1 Å². The van der Waals surface area contributed by atoms with Crippen molar-refractivity contribution < 1.29 is 4.74 Å². The lowest BCUT2D eigenvalue weighted by Gasteiger charge is -2.34. The lowest BCUT2D eigenvalue weighted by atomic mass is 10.2. The third-order valence-electron chi connectivity index (χ3n) is 5.28. The van der Waals surface area contributed by atoms with E-state index in [1.165, 1.54) is 5.56 Å². The Balaban J connectivity index is 1.53. The number of piperazine rings is 1. The van der Waals surface area contributed by atoms with Crippen molar-refractivity contribution in [3.8, 4) is 5.75 Å². The number of rotatable bonds is 7. The minimum atomic E-state index is 0.646. The normalized spacial score (nSPS) is 15.3. The molecule has 0 atom stereocenters. The van der Waals surface area contributed by atoms with Crippen molar-refractivity contribution in [3.05, 3.63) is 53.7 Å². The summed E-state index contributed by atoms with van der Waals surface area (Å²) >= 11 is 0. The maximum absolute atomic E-state index is 5.41. The van der Waals surface area contributed by atoms with Crippen LogP contribution in [0.15, 0.2) is 47.6 Å². The van der Waals surface area contributed by atoms with E-state index in [2.05, 4.69) is 43.4 Å². The average molecular weight is 397 g/mol. The number of methoxy groups -OCH3 is 1. The van der Waals surface area contributed by atoms with Crippen molar-refractivity contribution in [1.82, 2.24) is 20.5 Å². The highest BCUT2D eigenvalue weighted by atomic mass is 16.5. The van der Waals surface area contributed by atoms with Crippen LogP contribution in [-0.2, 0) is 13.1 Å². The molecule has 156 valence electrons. The molecule has 1 aromatic heterocycles. The van der Waals surface area contributed by atoms with Gasteiger partial charge in [0, 0.05) is 58.1 Å². The van der Waals surface area contributed by atoms with Crippen LogP contribution in [0, 0.1) is 0 Å². The molecule has 1 aliphatic heterocycles. The summed E-state index contributed by atoms with van der Waals surface area (Å²) in [5.74, 6) is 2.68. The average Bonchev–Trinajstić information content (AvgIpc) is 2.79. The van der Waals surface area contributed by atoms with E-state index in [1.807, 2.05) is 36.5 Å². The number of hydrogen-bond acceptors (Lipinski definition) is 5. The smallest absolute Gasteiger partial charge is 0.191 e. The number of benzene rings is 1. The van der Waals surface area contributed by atoms with Gasteiger partial charge in [0.15, 0.2) is 5.96 Å². The van der Waals surface area contributed by atoms with E-state index in [1.54, 1.807) is 14.2 Å². The predicted molar refractivity (Wildman–Crippen MR) is 119 cm³/mol. The van der Waals surface area contributed by atoms with Crippen LogP contribution >= 0.6 is 0 Å². The number of ether oxygens (including phenoxy) is 1. The van der Waals surface area contributed by atoms with E-state index in [9.17, 15) is 0 Å². The molecule has 0 aliphatic carbocycles. The van der Waals surface area contributed by atoms with Gasteiger partial charge in [-0.15, -0.1) is 0 Å². The van der Waals surface area contributed by atoms with Crippen LogP contribution < -0.4 is 20.3 Å². The van der Waals surface area contributed by atoms with E-state index in [-0.39, 0.29) is 0 Å². The molecule has 7 heteroatoms. The molecule has 2 heterocycles. The molecule has 2 N–H and O–H groups in total. The molecule has 1 saturated heterocycles. The zero-order valence-corrected chi connectivity index (χ0v) is 17.7. The molecule has 0 spiro atoms. The number of anilines is 1. The molecule has 1 aromatic carbocycles. The highest BCUT2D eigenvalue weighted by molar-refractivity contribution is 5.79. The molecule has 0 amide bonds. The monoisotopic (exact) mass is 396 g/mol. The number of nitrogens with one attached hydrogen (secondary N) is 2. The fourth-order valence-corrected chi connectivity index (χ4v) is 3.47. The maximum Gasteiger partial charge on any atom is 0.191 e. The highest BCUT2D eigenvalue weighted by Gasteiger charge is 2.16. The molecule has 0 radical (unpaired) electrons. The second-order valence-electron chi connectivity index (χ2n) is 7.03. The Kier molecular flexibility index (Phi) is 7.69. The number of pyridine rings is 1. The van der Waals surface area contributed by atoms with E-state index in [0.717, 1.165) is 55.8 Å². The van der Waals surface area contributed by atoms with Gasteiger partial charge in [-0.05, 0) is 30.3 Å². The summed E-state index contributed by atoms with van der Waals surface area (Å²) in [7, 11) is 3.47. The predicted octanol–water partition coefficient (Wildman–Crippen LogP) is 2.10. The fourth-order valence-electron chi connectivity index (χ4n) is 3.47. The topological polar surface area (TPSA) is 65.0 Å². The van der Waals surface area contributed by atoms with Crippen LogP contribution in [0.3, 0.4) is 0 Å². The minimum absolute atomic E-state index is 0.646. The molecule has 1 aliphatic rings. The van der Waals surface area contributed by atoms with Gasteiger partial charge in [0.25, 0.3) is 0 Å². The molecular weight excluding hydrogens is 364 g/mol. The number of likely N-dealkylation sites (N-methyl/N-ethyl adjacent to an activating group) is 1. The highest BCUT2D eigenvalue weighted by Crippen LogP contribution is 2.17. The van der Waals surface area contributed by atoms with Gasteiger partial charge in [-0.2, -0.15) is 0 Å². The number of hydrogen-bond donors (Lipinski definition) is 2. The number of guanidine groups is 1. The van der Waals surface area contributed by atoms with E-state index in [4.69, 9.17) is 4.74 Å². The first-order valence-electron chi connectivity index (χ1n) is 10.2. The summed E-state index contributed by atoms with van der Waals surface area (Å²) < 4.78 is 5.41. The van der Waals surface area contributed by atoms with Crippen molar-refractivity contribution in [1.29, 1.82) is 0 Å². The second kappa shape index (κ2) is 10.7. The van der Waals surface area contributed by atoms with Crippen LogP contribution in [0.4, 0.5) is 5.82 Å². The van der Waals surface area contributed by atoms with Crippen LogP contribution in [0.2, 0.25) is 0 Å². The molecule has 0 bridgehead atoms. The Morgan fingerprint density at radius 1 is 1.10 bits per heavy atom. The Labute approximate surface area is 173 Å². The Morgan fingerprint density at radius 3 is 2.59 bits per heavy atom. The standard InChI is InChI=1S/C22H32N6O/c1-4-27-11-13-28(14-12-27)21-15-18(9-10-24-21)16-25-22(23-2)26-17-19-7-5-6-8-20(19)29-3/h5-10,15H,4,11-14,16-17H2,1-3H3,(H2,23,25,26). The lowest BCUT2D eigenvalue weighted by molar-refractivity contribution is 0.270. The van der Waals surface area contributed by atoms with Gasteiger partial charge in [-0.3, -0.25) is 4.99 Å². The van der Waals surface area contributed by atoms with Crippen LogP contribution in [-0.4, -0.2) is 62.7 Å². The molecule has 1 fully saturated rings. The molecule has 29 heavy (non-hydrogen) atoms. The van der Waals surface area contributed by atoms with Gasteiger partial charge in [0.2, 0.25) is 0 Å². The van der Waals surface area contributed by atoms with Crippen LogP contribution in [0.5, 0.6) is 5.75 Å². The molecule has 0 saturated carbocycles. The summed E-state index contributed by atoms with van der Waals surface area (Å²) in [4.78, 5) is 13.7. The summed E-state index contributed by atoms with van der Waals surface area (Å²) in [6.45, 7) is 8.92. The molecule has 0 unspecified atom stereocenters. The SMILES string of the molecule is CCN1CCN(c2cc(CNC(=NC)NCc3ccccc3OC)ccn2)CC1. The van der Waals surface area contributed by atoms with Gasteiger partial charge in [0.05, 0.1) is 7.11 Å². The number of nitrogens with zero attached hydrogens (tertiary/aromatic N) is 4. The second-order valence-corrected chi connectivity index (χ2v) is 7.03. The minimum Gasteiger partial charge on any atom is -0.496 e. The number of aliphatic imine (C=N–C) groups is 1. The molecule has 7 nitrogen and oxygen atoms in total. The summed E-state index contributed by atoms with van der Waals surface area (Å²) in [5, 5.41) is 6.73. The first-order chi connectivity index (χ1) is 14.2. The van der Waals surface area contributed by atoms with Crippen LogP contribution in [0.1, 0.15) is 18.1 Å². The first kappa shape index (κ1) is 20.9. The van der Waals surface area contributed by atoms with Gasteiger partial charge >= 0.3 is 0 Å². The largest absolute Gasteiger partial charge is 0.496 e. The van der Waals surface area contributed by atoms with E-state index in [0.29, 0.717) is 13.1 Å². The van der Waals surface area contributed by atoms with Gasteiger partial charge in [0.1, 0.15) is 11.6 Å². The molecule has 3 rings (SSSR count). The van der Waals surface area contributed by atoms with Crippen LogP contribution in [0.25, 0.3) is 0 Å². The van der Waals surface area contributed by atoms with Crippen molar-refractivity contribution in [2.45, 2.75) is 20.0 Å². The number of aromatic nitrogens is 1. The van der Waals surface area contributed by atoms with E-state index >= 15 is 0 Å². The zero-order chi connectivity index (χ0) is 20.5. The zero-order valence-electron chi connectivity index (χ0n) is 17.7.